The molecule has 0 amide bonds. The van der Waals surface area contributed by atoms with Gasteiger partial charge in [0.25, 0.3) is 0 Å². The first kappa shape index (κ1) is 18.0. The summed E-state index contributed by atoms with van der Waals surface area (Å²) in [7, 11) is 0. The van der Waals surface area contributed by atoms with E-state index < -0.39 is 6.10 Å². The molecular weight excluding hydrogens is 395 g/mol. The van der Waals surface area contributed by atoms with Gasteiger partial charge in [-0.15, -0.1) is 0 Å². The van der Waals surface area contributed by atoms with Crippen molar-refractivity contribution in [2.75, 3.05) is 0 Å². The fourth-order valence-corrected chi connectivity index (χ4v) is 7.24. The van der Waals surface area contributed by atoms with Gasteiger partial charge in [0.2, 0.25) is 0 Å². The SMILES string of the molecule is C=C1C[C@H](O)[C@H]2C(C[Se]c3ccccc3)C(=O)O[C@@H]2[C@H]2[C@H](C)C(=O)C[C@@H]12. The van der Waals surface area contributed by atoms with E-state index in [2.05, 4.69) is 18.7 Å². The van der Waals surface area contributed by atoms with Crippen LogP contribution in [0, 0.1) is 29.6 Å². The first-order chi connectivity index (χ1) is 12.5. The Morgan fingerprint density at radius 3 is 2.65 bits per heavy atom. The summed E-state index contributed by atoms with van der Waals surface area (Å²) in [5.41, 5.74) is 0.943. The van der Waals surface area contributed by atoms with Crippen molar-refractivity contribution in [1.29, 1.82) is 0 Å². The van der Waals surface area contributed by atoms with E-state index in [4.69, 9.17) is 4.74 Å². The predicted molar refractivity (Wildman–Crippen MR) is 99.0 cm³/mol. The second-order valence-electron chi connectivity index (χ2n) is 7.78. The molecule has 0 bridgehead atoms. The molecule has 26 heavy (non-hydrogen) atoms. The normalized spacial score (nSPS) is 39.3. The van der Waals surface area contributed by atoms with E-state index in [9.17, 15) is 14.7 Å². The van der Waals surface area contributed by atoms with Gasteiger partial charge in [0.1, 0.15) is 0 Å². The molecule has 1 saturated heterocycles. The topological polar surface area (TPSA) is 63.6 Å². The number of carbonyl (C=O) groups excluding carboxylic acids is 2. The van der Waals surface area contributed by atoms with Crippen molar-refractivity contribution < 1.29 is 19.4 Å². The fraction of sp³-hybridized carbons (Fsp3) is 0.524. The van der Waals surface area contributed by atoms with Gasteiger partial charge in [0, 0.05) is 0 Å². The zero-order valence-electron chi connectivity index (χ0n) is 14.8. The van der Waals surface area contributed by atoms with Crippen molar-refractivity contribution in [3.05, 3.63) is 42.5 Å². The van der Waals surface area contributed by atoms with Crippen LogP contribution in [0.5, 0.6) is 0 Å². The van der Waals surface area contributed by atoms with E-state index in [-0.39, 0.29) is 62.4 Å². The molecule has 0 spiro atoms. The van der Waals surface area contributed by atoms with E-state index in [1.807, 2.05) is 25.1 Å². The van der Waals surface area contributed by atoms with Gasteiger partial charge >= 0.3 is 160 Å². The summed E-state index contributed by atoms with van der Waals surface area (Å²) in [6.45, 7) is 6.09. The Kier molecular flexibility index (Phi) is 4.81. The molecule has 3 aliphatic rings. The maximum atomic E-state index is 12.6. The molecule has 3 fully saturated rings. The molecule has 1 heterocycles. The Bertz CT molecular complexity index is 731. The van der Waals surface area contributed by atoms with Crippen LogP contribution in [-0.4, -0.2) is 44.0 Å². The van der Waals surface area contributed by atoms with Crippen LogP contribution in [0.1, 0.15) is 19.8 Å². The van der Waals surface area contributed by atoms with Gasteiger partial charge in [-0.2, -0.15) is 0 Å². The minimum atomic E-state index is -0.622. The van der Waals surface area contributed by atoms with Gasteiger partial charge in [-0.25, -0.2) is 0 Å². The third-order valence-corrected chi connectivity index (χ3v) is 8.74. The number of benzene rings is 1. The third-order valence-electron chi connectivity index (χ3n) is 6.36. The molecule has 7 atom stereocenters. The Balaban J connectivity index is 1.60. The number of ketones is 1. The van der Waals surface area contributed by atoms with E-state index in [1.165, 1.54) is 4.46 Å². The number of fused-ring (bicyclic) bond motifs is 3. The van der Waals surface area contributed by atoms with Crippen molar-refractivity contribution in [1.82, 2.24) is 0 Å². The standard InChI is InChI=1S/C21H24O4Se/c1-11-8-17(23)19-15(10-26-13-6-4-3-5-7-13)21(24)25-20(19)18-12(2)16(22)9-14(11)18/h3-7,12,14-15,17-20,23H,1,8-10H2,2H3/t12-,14+,15?,17+,18+,19-,20-/m1/s1. The quantitative estimate of drug-likeness (QED) is 0.461. The summed E-state index contributed by atoms with van der Waals surface area (Å²) in [5.74, 6) is -0.624. The Morgan fingerprint density at radius 2 is 1.92 bits per heavy atom. The second kappa shape index (κ2) is 6.95. The van der Waals surface area contributed by atoms with Crippen LogP contribution in [0.3, 0.4) is 0 Å². The number of Topliss-reactive ketones (excluding diaryl/α,β-unsaturated/α-hetero) is 1. The Hall–Kier alpha value is -1.42. The van der Waals surface area contributed by atoms with Gasteiger partial charge in [-0.05, 0) is 0 Å². The number of rotatable bonds is 3. The molecule has 1 aromatic carbocycles. The van der Waals surface area contributed by atoms with Crippen LogP contribution in [0.15, 0.2) is 42.5 Å². The number of aliphatic hydroxyl groups excluding tert-OH is 1. The zero-order valence-corrected chi connectivity index (χ0v) is 16.5. The van der Waals surface area contributed by atoms with Gasteiger partial charge in [0.15, 0.2) is 0 Å². The minimum absolute atomic E-state index is 0.0321. The summed E-state index contributed by atoms with van der Waals surface area (Å²) < 4.78 is 7.06. The van der Waals surface area contributed by atoms with E-state index in [0.717, 1.165) is 10.9 Å². The summed E-state index contributed by atoms with van der Waals surface area (Å²) in [6.07, 6.45) is -0.0480. The number of hydrogen-bond acceptors (Lipinski definition) is 4. The number of hydrogen-bond donors (Lipinski definition) is 1. The van der Waals surface area contributed by atoms with E-state index >= 15 is 0 Å². The summed E-state index contributed by atoms with van der Waals surface area (Å²) in [6, 6.07) is 10.2. The number of ether oxygens (including phenoxy) is 1. The molecule has 1 aromatic rings. The first-order valence-corrected chi connectivity index (χ1v) is 11.3. The van der Waals surface area contributed by atoms with Gasteiger partial charge in [-0.3, -0.25) is 0 Å². The molecule has 1 N–H and O–H groups in total. The van der Waals surface area contributed by atoms with Crippen molar-refractivity contribution in [3.8, 4) is 0 Å². The Morgan fingerprint density at radius 1 is 1.19 bits per heavy atom. The average Bonchev–Trinajstić information content (AvgIpc) is 3.07. The maximum absolute atomic E-state index is 12.6. The van der Waals surface area contributed by atoms with Crippen molar-refractivity contribution >= 4 is 31.2 Å². The van der Waals surface area contributed by atoms with E-state index in [1.54, 1.807) is 0 Å². The van der Waals surface area contributed by atoms with Gasteiger partial charge in [0.05, 0.1) is 0 Å². The Labute approximate surface area is 160 Å². The molecule has 2 saturated carbocycles. The number of carbonyl (C=O) groups is 2. The monoisotopic (exact) mass is 420 g/mol. The molecule has 0 aromatic heterocycles. The van der Waals surface area contributed by atoms with E-state index in [0.29, 0.717) is 12.8 Å². The van der Waals surface area contributed by atoms with Crippen LogP contribution < -0.4 is 4.46 Å². The average molecular weight is 419 g/mol. The first-order valence-electron chi connectivity index (χ1n) is 9.24. The molecule has 2 aliphatic carbocycles. The van der Waals surface area contributed by atoms with Crippen LogP contribution in [0.25, 0.3) is 0 Å². The van der Waals surface area contributed by atoms with Gasteiger partial charge < -0.3 is 0 Å². The molecular formula is C21H24O4Se. The zero-order chi connectivity index (χ0) is 18.4. The summed E-state index contributed by atoms with van der Waals surface area (Å²) in [5, 5.41) is 11.6. The molecule has 5 heteroatoms. The van der Waals surface area contributed by atoms with Crippen LogP contribution in [0.2, 0.25) is 5.32 Å². The number of aliphatic hydroxyl groups is 1. The van der Waals surface area contributed by atoms with Crippen molar-refractivity contribution in [3.63, 3.8) is 0 Å². The van der Waals surface area contributed by atoms with Gasteiger partial charge in [-0.1, -0.05) is 0 Å². The molecule has 1 aliphatic heterocycles. The van der Waals surface area contributed by atoms with Crippen molar-refractivity contribution in [2.45, 2.75) is 37.3 Å². The predicted octanol–water partition coefficient (Wildman–Crippen LogP) is 1.75. The molecule has 138 valence electrons. The van der Waals surface area contributed by atoms with Crippen LogP contribution in [0.4, 0.5) is 0 Å². The molecule has 0 radical (unpaired) electrons. The molecule has 4 rings (SSSR count). The third kappa shape index (κ3) is 2.96. The fourth-order valence-electron chi connectivity index (χ4n) is 4.98. The van der Waals surface area contributed by atoms with Crippen molar-refractivity contribution in [2.24, 2.45) is 29.6 Å². The molecule has 1 unspecified atom stereocenters. The second-order valence-corrected chi connectivity index (χ2v) is 10.1. The summed E-state index contributed by atoms with van der Waals surface area (Å²) >= 11 is 0.152. The van der Waals surface area contributed by atoms with Crippen LogP contribution in [-0.2, 0) is 14.3 Å². The summed E-state index contributed by atoms with van der Waals surface area (Å²) in [4.78, 5) is 24.9. The van der Waals surface area contributed by atoms with Crippen LogP contribution >= 0.6 is 0 Å². The number of esters is 1. The molecule has 4 nitrogen and oxygen atoms in total.